The van der Waals surface area contributed by atoms with E-state index >= 15 is 0 Å². The first-order chi connectivity index (χ1) is 22.1. The highest BCUT2D eigenvalue weighted by atomic mass is 32.3. The first-order valence-corrected chi connectivity index (χ1v) is 18.4. The van der Waals surface area contributed by atoms with Crippen LogP contribution in [0, 0.1) is 0 Å². The molecule has 0 bridgehead atoms. The molecule has 0 spiro atoms. The van der Waals surface area contributed by atoms with Gasteiger partial charge in [0.1, 0.15) is 30.5 Å². The number of ether oxygens (including phenoxy) is 4. The molecule has 6 atom stereocenters. The largest absolute Gasteiger partial charge is 0.458 e. The van der Waals surface area contributed by atoms with Gasteiger partial charge in [-0.15, -0.1) is 0 Å². The normalized spacial score (nSPS) is 23.0. The van der Waals surface area contributed by atoms with E-state index in [-0.39, 0.29) is 13.2 Å². The lowest BCUT2D eigenvalue weighted by Crippen LogP contribution is -2.60. The summed E-state index contributed by atoms with van der Waals surface area (Å²) < 4.78 is 57.2. The van der Waals surface area contributed by atoms with Crippen LogP contribution in [0.15, 0.2) is 24.3 Å². The lowest BCUT2D eigenvalue weighted by molar-refractivity contribution is -0.301. The van der Waals surface area contributed by atoms with Crippen LogP contribution in [0.1, 0.15) is 117 Å². The highest BCUT2D eigenvalue weighted by molar-refractivity contribution is 7.80. The molecule has 12 nitrogen and oxygen atoms in total. The number of esters is 1. The number of carbonyl (C=O) groups is 1. The minimum Gasteiger partial charge on any atom is -0.458 e. The lowest BCUT2D eigenvalue weighted by atomic mass is 9.99. The summed E-state index contributed by atoms with van der Waals surface area (Å²) in [4.78, 5) is 11.5. The van der Waals surface area contributed by atoms with Crippen molar-refractivity contribution in [2.45, 2.75) is 153 Å². The zero-order valence-electron chi connectivity index (χ0n) is 27.9. The minimum atomic E-state index is -5.03. The second-order valence-electron chi connectivity index (χ2n) is 11.8. The van der Waals surface area contributed by atoms with Crippen LogP contribution in [0.25, 0.3) is 0 Å². The second kappa shape index (κ2) is 26.5. The Balaban J connectivity index is 2.13. The van der Waals surface area contributed by atoms with Gasteiger partial charge in [0, 0.05) is 13.5 Å². The summed E-state index contributed by atoms with van der Waals surface area (Å²) in [5.74, 6) is -0.577. The molecule has 13 heteroatoms. The predicted octanol–water partition coefficient (Wildman–Crippen LogP) is 4.95. The molecule has 0 amide bonds. The molecule has 0 aromatic rings. The van der Waals surface area contributed by atoms with Gasteiger partial charge in [-0.05, 0) is 38.5 Å². The molecule has 46 heavy (non-hydrogen) atoms. The number of aliphatic hydroxyl groups is 3. The molecule has 1 saturated heterocycles. The average Bonchev–Trinajstić information content (AvgIpc) is 3.00. The van der Waals surface area contributed by atoms with E-state index in [4.69, 9.17) is 23.5 Å². The number of rotatable bonds is 28. The van der Waals surface area contributed by atoms with Gasteiger partial charge in [-0.3, -0.25) is 9.35 Å². The fourth-order valence-corrected chi connectivity index (χ4v) is 5.62. The zero-order valence-corrected chi connectivity index (χ0v) is 28.7. The van der Waals surface area contributed by atoms with Crippen molar-refractivity contribution in [3.05, 3.63) is 24.3 Å². The van der Waals surface area contributed by atoms with E-state index in [0.717, 1.165) is 25.7 Å². The molecule has 1 heterocycles. The molecule has 1 fully saturated rings. The molecule has 6 unspecified atom stereocenters. The molecule has 0 saturated carbocycles. The van der Waals surface area contributed by atoms with Crippen LogP contribution in [0.5, 0.6) is 0 Å². The van der Waals surface area contributed by atoms with Crippen molar-refractivity contribution >= 4 is 16.4 Å². The molecule has 0 aromatic heterocycles. The Bertz CT molecular complexity index is 926. The van der Waals surface area contributed by atoms with E-state index in [9.17, 15) is 28.5 Å². The van der Waals surface area contributed by atoms with E-state index in [2.05, 4.69) is 35.4 Å². The lowest BCUT2D eigenvalue weighted by Gasteiger charge is -2.41. The van der Waals surface area contributed by atoms with Gasteiger partial charge in [0.2, 0.25) is 0 Å². The number of hydrogen-bond acceptors (Lipinski definition) is 11. The van der Waals surface area contributed by atoms with Crippen molar-refractivity contribution in [1.29, 1.82) is 0 Å². The number of hydrogen-bond donors (Lipinski definition) is 4. The fourth-order valence-electron chi connectivity index (χ4n) is 5.11. The smallest absolute Gasteiger partial charge is 0.397 e. The van der Waals surface area contributed by atoms with Crippen molar-refractivity contribution in [3.63, 3.8) is 0 Å². The maximum Gasteiger partial charge on any atom is 0.397 e. The van der Waals surface area contributed by atoms with Gasteiger partial charge in [0.25, 0.3) is 0 Å². The number of carbonyl (C=O) groups excluding carboxylic acids is 1. The Hall–Kier alpha value is -1.42. The van der Waals surface area contributed by atoms with Gasteiger partial charge in [0.05, 0.1) is 19.8 Å². The van der Waals surface area contributed by atoms with Crippen molar-refractivity contribution in [1.82, 2.24) is 0 Å². The number of aliphatic hydroxyl groups excluding tert-OH is 3. The van der Waals surface area contributed by atoms with Crippen LogP contribution in [0.4, 0.5) is 0 Å². The summed E-state index contributed by atoms with van der Waals surface area (Å²) in [5, 5.41) is 30.0. The molecular weight excluding hydrogens is 620 g/mol. The summed E-state index contributed by atoms with van der Waals surface area (Å²) in [7, 11) is -5.03. The SMILES string of the molecule is CCCCC/C=C\C/C=C\CCCCCCCCCCCCOCC(COC1OC(CO)C(O)C(OS(=O)(=O)O)C1O)OC(C)=O. The molecule has 1 aliphatic heterocycles. The second-order valence-corrected chi connectivity index (χ2v) is 12.9. The summed E-state index contributed by atoms with van der Waals surface area (Å²) in [5.41, 5.74) is 0. The van der Waals surface area contributed by atoms with Crippen molar-refractivity contribution in [3.8, 4) is 0 Å². The quantitative estimate of drug-likeness (QED) is 0.0379. The summed E-state index contributed by atoms with van der Waals surface area (Å²) in [6, 6.07) is 0. The van der Waals surface area contributed by atoms with Crippen molar-refractivity contribution in [2.75, 3.05) is 26.4 Å². The van der Waals surface area contributed by atoms with Crippen molar-refractivity contribution in [2.24, 2.45) is 0 Å². The van der Waals surface area contributed by atoms with Gasteiger partial charge in [-0.25, -0.2) is 4.18 Å². The number of allylic oxidation sites excluding steroid dienone is 4. The van der Waals surface area contributed by atoms with E-state index in [0.29, 0.717) is 6.61 Å². The van der Waals surface area contributed by atoms with Gasteiger partial charge in [-0.2, -0.15) is 8.42 Å². The Morgan fingerprint density at radius 2 is 1.39 bits per heavy atom. The molecule has 1 aliphatic rings. The van der Waals surface area contributed by atoms with E-state index in [1.54, 1.807) is 0 Å². The Morgan fingerprint density at radius 1 is 0.826 bits per heavy atom. The van der Waals surface area contributed by atoms with Gasteiger partial charge >= 0.3 is 16.4 Å². The standard InChI is InChI=1S/C33H60O12S/c1-3-4-5-6-7-8-9-10-11-12-13-14-15-16-17-18-19-20-21-22-23-41-25-28(43-27(2)35)26-42-33-31(37)32(45-46(38,39)40)30(36)29(24-34)44-33/h7-8,10-11,28-34,36-37H,3-6,9,12-26H2,1-2H3,(H,38,39,40)/b8-7-,11-10-. The third-order valence-electron chi connectivity index (χ3n) is 7.63. The monoisotopic (exact) mass is 680 g/mol. The first kappa shape index (κ1) is 42.6. The average molecular weight is 681 g/mol. The molecule has 0 aromatic carbocycles. The molecule has 270 valence electrons. The van der Waals surface area contributed by atoms with Crippen LogP contribution in [-0.4, -0.2) is 97.5 Å². The Kier molecular flexibility index (Phi) is 24.6. The summed E-state index contributed by atoms with van der Waals surface area (Å²) in [6.07, 6.45) is 19.1. The minimum absolute atomic E-state index is 0.0192. The van der Waals surface area contributed by atoms with Crippen LogP contribution in [0.2, 0.25) is 0 Å². The maximum atomic E-state index is 11.5. The van der Waals surface area contributed by atoms with Gasteiger partial charge < -0.3 is 34.3 Å². The maximum absolute atomic E-state index is 11.5. The van der Waals surface area contributed by atoms with Crippen LogP contribution in [-0.2, 0) is 38.3 Å². The summed E-state index contributed by atoms with van der Waals surface area (Å²) >= 11 is 0. The van der Waals surface area contributed by atoms with Gasteiger partial charge in [0.15, 0.2) is 6.29 Å². The fraction of sp³-hybridized carbons (Fsp3) is 0.848. The molecule has 0 radical (unpaired) electrons. The highest BCUT2D eigenvalue weighted by Crippen LogP contribution is 2.25. The first-order valence-electron chi connectivity index (χ1n) is 17.0. The van der Waals surface area contributed by atoms with Crippen LogP contribution in [0.3, 0.4) is 0 Å². The van der Waals surface area contributed by atoms with E-state index in [1.165, 1.54) is 84.0 Å². The summed E-state index contributed by atoms with van der Waals surface area (Å²) in [6.45, 7) is 2.90. The third-order valence-corrected chi connectivity index (χ3v) is 8.09. The number of unbranched alkanes of at least 4 members (excludes halogenated alkanes) is 13. The van der Waals surface area contributed by atoms with Crippen LogP contribution < -0.4 is 0 Å². The van der Waals surface area contributed by atoms with Crippen LogP contribution >= 0.6 is 0 Å². The molecule has 1 rings (SSSR count). The van der Waals surface area contributed by atoms with E-state index < -0.39 is 59.8 Å². The predicted molar refractivity (Wildman–Crippen MR) is 174 cm³/mol. The molecule has 4 N–H and O–H groups in total. The highest BCUT2D eigenvalue weighted by Gasteiger charge is 2.48. The molecular formula is C33H60O12S. The zero-order chi connectivity index (χ0) is 34.0. The molecule has 0 aliphatic carbocycles. The van der Waals surface area contributed by atoms with Crippen molar-refractivity contribution < 1.29 is 56.2 Å². The van der Waals surface area contributed by atoms with E-state index in [1.807, 2.05) is 0 Å². The van der Waals surface area contributed by atoms with Gasteiger partial charge in [-0.1, -0.05) is 95.4 Å². The topological polar surface area (TPSA) is 178 Å². The third kappa shape index (κ3) is 21.5. The Morgan fingerprint density at radius 3 is 1.93 bits per heavy atom. The Labute approximate surface area is 276 Å².